The molecule has 132 valence electrons. The van der Waals surface area contributed by atoms with Crippen molar-refractivity contribution in [2.24, 2.45) is 5.10 Å². The predicted octanol–water partition coefficient (Wildman–Crippen LogP) is 2.44. The molecular weight excluding hydrogens is 344 g/mol. The Morgan fingerprint density at radius 2 is 1.74 bits per heavy atom. The summed E-state index contributed by atoms with van der Waals surface area (Å²) in [6.45, 7) is 3.75. The van der Waals surface area contributed by atoms with E-state index in [1.54, 1.807) is 30.3 Å². The third-order valence-corrected chi connectivity index (χ3v) is 3.37. The molecule has 0 aliphatic heterocycles. The molecule has 0 amide bonds. The van der Waals surface area contributed by atoms with Gasteiger partial charge >= 0.3 is 0 Å². The van der Waals surface area contributed by atoms with Gasteiger partial charge in [-0.05, 0) is 32.0 Å². The maximum absolute atomic E-state index is 8.78. The molecule has 3 aromatic rings. The van der Waals surface area contributed by atoms with E-state index in [-0.39, 0.29) is 5.71 Å². The Morgan fingerprint density at radius 1 is 1.04 bits per heavy atom. The zero-order valence-corrected chi connectivity index (χ0v) is 14.5. The number of aromatic amines is 1. The molecule has 0 aliphatic carbocycles. The number of benzene rings is 1. The van der Waals surface area contributed by atoms with Crippen LogP contribution in [-0.4, -0.2) is 30.9 Å². The molecule has 0 bridgehead atoms. The Hall–Kier alpha value is -4.31. The number of hydrogen-bond acceptors (Lipinski definition) is 9. The molecule has 1 aromatic carbocycles. The molecule has 10 heteroatoms. The Morgan fingerprint density at radius 3 is 2.44 bits per heavy atom. The van der Waals surface area contributed by atoms with E-state index in [1.165, 1.54) is 0 Å². The molecule has 0 fully saturated rings. The maximum Gasteiger partial charge on any atom is 0.249 e. The van der Waals surface area contributed by atoms with Crippen molar-refractivity contribution >= 4 is 23.3 Å². The highest BCUT2D eigenvalue weighted by atomic mass is 15.3. The quantitative estimate of drug-likeness (QED) is 0.464. The second-order valence-corrected chi connectivity index (χ2v) is 5.45. The molecule has 3 rings (SSSR count). The Kier molecular flexibility index (Phi) is 5.00. The van der Waals surface area contributed by atoms with Crippen molar-refractivity contribution in [1.82, 2.24) is 25.1 Å². The molecular formula is C17H14N10. The summed E-state index contributed by atoms with van der Waals surface area (Å²) in [5, 5.41) is 31.2. The van der Waals surface area contributed by atoms with E-state index < -0.39 is 0 Å². The summed E-state index contributed by atoms with van der Waals surface area (Å²) in [7, 11) is 0. The lowest BCUT2D eigenvalue weighted by molar-refractivity contribution is 1.04. The summed E-state index contributed by atoms with van der Waals surface area (Å²) in [6.07, 6.45) is 0. The fourth-order valence-electron chi connectivity index (χ4n) is 2.30. The maximum atomic E-state index is 8.78. The van der Waals surface area contributed by atoms with Crippen LogP contribution in [0, 0.1) is 36.5 Å². The van der Waals surface area contributed by atoms with Crippen LogP contribution >= 0.6 is 0 Å². The van der Waals surface area contributed by atoms with Gasteiger partial charge in [0.1, 0.15) is 12.1 Å². The lowest BCUT2D eigenvalue weighted by atomic mass is 10.2. The molecule has 0 atom stereocenters. The topological polar surface area (TPSA) is 151 Å². The van der Waals surface area contributed by atoms with Crippen LogP contribution in [0.15, 0.2) is 35.4 Å². The van der Waals surface area contributed by atoms with E-state index in [9.17, 15) is 0 Å². The second kappa shape index (κ2) is 7.72. The molecule has 0 aliphatic rings. The van der Waals surface area contributed by atoms with E-state index >= 15 is 0 Å². The standard InChI is InChI=1S/C17H14N10/c1-10-7-11(2)21-16(20-10)23-17-22-15(26-27-17)13-5-3-4-6-14(13)25-24-12(8-18)9-19/h3-7,25H,1-2H3,(H2,20,21,22,23,26,27). The van der Waals surface area contributed by atoms with Crippen LogP contribution in [0.3, 0.4) is 0 Å². The molecule has 0 spiro atoms. The summed E-state index contributed by atoms with van der Waals surface area (Å²) in [4.78, 5) is 13.0. The van der Waals surface area contributed by atoms with E-state index in [2.05, 4.69) is 41.0 Å². The summed E-state index contributed by atoms with van der Waals surface area (Å²) in [5.41, 5.74) is 5.31. The van der Waals surface area contributed by atoms with Crippen LogP contribution in [0.5, 0.6) is 0 Å². The summed E-state index contributed by atoms with van der Waals surface area (Å²) >= 11 is 0. The first kappa shape index (κ1) is 17.5. The van der Waals surface area contributed by atoms with Gasteiger partial charge in [-0.3, -0.25) is 15.8 Å². The SMILES string of the molecule is Cc1cc(C)nc(Nc2n[nH]c(-c3ccccc3NN=C(C#N)C#N)n2)n1. The first-order chi connectivity index (χ1) is 13.1. The molecule has 27 heavy (non-hydrogen) atoms. The third kappa shape index (κ3) is 4.21. The van der Waals surface area contributed by atoms with E-state index in [1.807, 2.05) is 26.0 Å². The number of nitriles is 2. The van der Waals surface area contributed by atoms with E-state index in [4.69, 9.17) is 10.5 Å². The van der Waals surface area contributed by atoms with Crippen molar-refractivity contribution in [2.75, 3.05) is 10.7 Å². The fraction of sp³-hybridized carbons (Fsp3) is 0.118. The van der Waals surface area contributed by atoms with Crippen molar-refractivity contribution in [3.63, 3.8) is 0 Å². The van der Waals surface area contributed by atoms with Crippen molar-refractivity contribution in [3.8, 4) is 23.5 Å². The number of rotatable bonds is 5. The van der Waals surface area contributed by atoms with Gasteiger partial charge in [0.15, 0.2) is 5.82 Å². The average Bonchev–Trinajstić information content (AvgIpc) is 3.10. The molecule has 10 nitrogen and oxygen atoms in total. The van der Waals surface area contributed by atoms with Gasteiger partial charge in [0.2, 0.25) is 17.6 Å². The lowest BCUT2D eigenvalue weighted by Gasteiger charge is -2.05. The number of aromatic nitrogens is 5. The van der Waals surface area contributed by atoms with Crippen LogP contribution in [0.4, 0.5) is 17.6 Å². The Balaban J connectivity index is 1.86. The molecule has 2 heterocycles. The van der Waals surface area contributed by atoms with Crippen LogP contribution in [0.1, 0.15) is 11.4 Å². The number of hydrazone groups is 1. The fourth-order valence-corrected chi connectivity index (χ4v) is 2.30. The Labute approximate surface area is 154 Å². The summed E-state index contributed by atoms with van der Waals surface area (Å²) < 4.78 is 0. The molecule has 0 saturated heterocycles. The van der Waals surface area contributed by atoms with Gasteiger partial charge in [-0.15, -0.1) is 5.10 Å². The van der Waals surface area contributed by atoms with Gasteiger partial charge < -0.3 is 0 Å². The van der Waals surface area contributed by atoms with Crippen LogP contribution < -0.4 is 10.7 Å². The van der Waals surface area contributed by atoms with Gasteiger partial charge in [-0.25, -0.2) is 9.97 Å². The average molecular weight is 358 g/mol. The van der Waals surface area contributed by atoms with Crippen molar-refractivity contribution in [3.05, 3.63) is 41.7 Å². The molecule has 0 unspecified atom stereocenters. The lowest BCUT2D eigenvalue weighted by Crippen LogP contribution is -2.01. The zero-order valence-electron chi connectivity index (χ0n) is 14.5. The van der Waals surface area contributed by atoms with Gasteiger partial charge in [-0.2, -0.15) is 20.6 Å². The summed E-state index contributed by atoms with van der Waals surface area (Å²) in [6, 6.07) is 12.4. The van der Waals surface area contributed by atoms with Crippen LogP contribution in [0.25, 0.3) is 11.4 Å². The largest absolute Gasteiger partial charge is 0.291 e. The van der Waals surface area contributed by atoms with Crippen molar-refractivity contribution < 1.29 is 0 Å². The highest BCUT2D eigenvalue weighted by molar-refractivity contribution is 6.10. The van der Waals surface area contributed by atoms with E-state index in [0.717, 1.165) is 11.4 Å². The number of hydrogen-bond donors (Lipinski definition) is 3. The molecule has 2 aromatic heterocycles. The highest BCUT2D eigenvalue weighted by Gasteiger charge is 2.11. The minimum atomic E-state index is -0.281. The monoisotopic (exact) mass is 358 g/mol. The minimum absolute atomic E-state index is 0.281. The number of nitrogens with zero attached hydrogens (tertiary/aromatic N) is 7. The smallest absolute Gasteiger partial charge is 0.249 e. The first-order valence-corrected chi connectivity index (χ1v) is 7.84. The number of aryl methyl sites for hydroxylation is 2. The van der Waals surface area contributed by atoms with Crippen LogP contribution in [-0.2, 0) is 0 Å². The van der Waals surface area contributed by atoms with Crippen molar-refractivity contribution in [2.45, 2.75) is 13.8 Å². The molecule has 0 radical (unpaired) electrons. The van der Waals surface area contributed by atoms with Crippen LogP contribution in [0.2, 0.25) is 0 Å². The zero-order chi connectivity index (χ0) is 19.2. The van der Waals surface area contributed by atoms with Gasteiger partial charge in [0.25, 0.3) is 0 Å². The second-order valence-electron chi connectivity index (χ2n) is 5.45. The molecule has 0 saturated carbocycles. The normalized spacial score (nSPS) is 9.78. The molecule has 3 N–H and O–H groups in total. The van der Waals surface area contributed by atoms with Gasteiger partial charge in [-0.1, -0.05) is 12.1 Å². The van der Waals surface area contributed by atoms with Crippen molar-refractivity contribution in [1.29, 1.82) is 10.5 Å². The third-order valence-electron chi connectivity index (χ3n) is 3.37. The van der Waals surface area contributed by atoms with Gasteiger partial charge in [0, 0.05) is 17.0 Å². The number of nitrogens with one attached hydrogen (secondary N) is 3. The number of anilines is 3. The van der Waals surface area contributed by atoms with E-state index in [0.29, 0.717) is 29.0 Å². The number of para-hydroxylation sites is 1. The van der Waals surface area contributed by atoms with Gasteiger partial charge in [0.05, 0.1) is 5.69 Å². The predicted molar refractivity (Wildman–Crippen MR) is 98.9 cm³/mol. The highest BCUT2D eigenvalue weighted by Crippen LogP contribution is 2.25. The Bertz CT molecular complexity index is 1050. The number of H-pyrrole nitrogens is 1. The summed E-state index contributed by atoms with van der Waals surface area (Å²) in [5.74, 6) is 1.18. The minimum Gasteiger partial charge on any atom is -0.291 e. The first-order valence-electron chi connectivity index (χ1n) is 7.84.